The van der Waals surface area contributed by atoms with Gasteiger partial charge in [-0.2, -0.15) is 0 Å². The third-order valence-corrected chi connectivity index (χ3v) is 3.67. The van der Waals surface area contributed by atoms with E-state index in [4.69, 9.17) is 4.74 Å². The Kier molecular flexibility index (Phi) is 5.28. The maximum atomic E-state index is 12.2. The van der Waals surface area contributed by atoms with Gasteiger partial charge in [0.2, 0.25) is 0 Å². The Morgan fingerprint density at radius 1 is 1.08 bits per heavy atom. The lowest BCUT2D eigenvalue weighted by atomic mass is 10.1. The van der Waals surface area contributed by atoms with Crippen LogP contribution in [0.2, 0.25) is 0 Å². The molecule has 0 bridgehead atoms. The first-order valence-corrected chi connectivity index (χ1v) is 8.00. The van der Waals surface area contributed by atoms with E-state index < -0.39 is 0 Å². The molecule has 1 heterocycles. The topological polar surface area (TPSA) is 51.2 Å². The molecule has 0 aliphatic heterocycles. The zero-order chi connectivity index (χ0) is 17.5. The van der Waals surface area contributed by atoms with E-state index in [1.54, 1.807) is 6.20 Å². The smallest absolute Gasteiger partial charge is 0.252 e. The Bertz CT molecular complexity index is 937. The second kappa shape index (κ2) is 7.98. The quantitative estimate of drug-likeness (QED) is 0.746. The molecule has 25 heavy (non-hydrogen) atoms. The number of carbonyl (C=O) groups excluding carboxylic acids is 1. The van der Waals surface area contributed by atoms with Crippen LogP contribution in [0, 0.1) is 18.8 Å². The van der Waals surface area contributed by atoms with Crippen LogP contribution >= 0.6 is 0 Å². The highest BCUT2D eigenvalue weighted by Gasteiger charge is 2.04. The molecule has 1 aromatic heterocycles. The zero-order valence-electron chi connectivity index (χ0n) is 14.0. The van der Waals surface area contributed by atoms with Crippen molar-refractivity contribution in [3.63, 3.8) is 0 Å². The molecule has 0 radical (unpaired) electrons. The molecule has 0 saturated heterocycles. The summed E-state index contributed by atoms with van der Waals surface area (Å²) in [5.74, 6) is 6.29. The average molecular weight is 330 g/mol. The van der Waals surface area contributed by atoms with Crippen LogP contribution in [0.1, 0.15) is 16.1 Å². The Morgan fingerprint density at radius 3 is 2.72 bits per heavy atom. The highest BCUT2D eigenvalue weighted by atomic mass is 16.5. The number of aryl methyl sites for hydroxylation is 1. The average Bonchev–Trinajstić information content (AvgIpc) is 2.65. The molecule has 1 N–H and O–H groups in total. The van der Waals surface area contributed by atoms with E-state index in [1.807, 2.05) is 61.5 Å². The van der Waals surface area contributed by atoms with E-state index in [-0.39, 0.29) is 19.1 Å². The van der Waals surface area contributed by atoms with Crippen molar-refractivity contribution in [1.29, 1.82) is 0 Å². The van der Waals surface area contributed by atoms with E-state index >= 15 is 0 Å². The Balaban J connectivity index is 1.48. The molecule has 2 aromatic carbocycles. The lowest BCUT2D eigenvalue weighted by molar-refractivity contribution is 0.0959. The number of fused-ring (bicyclic) bond motifs is 1. The first-order valence-electron chi connectivity index (χ1n) is 8.00. The largest absolute Gasteiger partial charge is 0.479 e. The van der Waals surface area contributed by atoms with Crippen LogP contribution in [-0.2, 0) is 0 Å². The lowest BCUT2D eigenvalue weighted by Crippen LogP contribution is -2.23. The molecule has 0 fully saturated rings. The van der Waals surface area contributed by atoms with Gasteiger partial charge in [-0.15, -0.1) is 0 Å². The minimum atomic E-state index is -0.135. The number of hydrogen-bond acceptors (Lipinski definition) is 3. The molecular weight excluding hydrogens is 312 g/mol. The molecule has 0 atom stereocenters. The normalized spacial score (nSPS) is 9.96. The van der Waals surface area contributed by atoms with Gasteiger partial charge < -0.3 is 10.1 Å². The van der Waals surface area contributed by atoms with Gasteiger partial charge in [0.05, 0.1) is 12.7 Å². The van der Waals surface area contributed by atoms with Crippen LogP contribution in [0.4, 0.5) is 0 Å². The predicted octanol–water partition coefficient (Wildman–Crippen LogP) is 3.36. The van der Waals surface area contributed by atoms with Gasteiger partial charge in [0.15, 0.2) is 0 Å². The highest BCUT2D eigenvalue weighted by molar-refractivity contribution is 5.98. The third kappa shape index (κ3) is 4.58. The third-order valence-electron chi connectivity index (χ3n) is 3.67. The van der Waals surface area contributed by atoms with Crippen molar-refractivity contribution < 1.29 is 9.53 Å². The number of benzene rings is 2. The molecule has 3 aromatic rings. The SMILES string of the molecule is Cc1ccc(OCC#CCNC(=O)c2ccc3ccccc3c2)cn1. The van der Waals surface area contributed by atoms with Gasteiger partial charge in [0, 0.05) is 11.3 Å². The van der Waals surface area contributed by atoms with Crippen LogP contribution in [0.3, 0.4) is 0 Å². The van der Waals surface area contributed by atoms with E-state index in [0.717, 1.165) is 16.5 Å². The second-order valence-electron chi connectivity index (χ2n) is 5.52. The van der Waals surface area contributed by atoms with Crippen molar-refractivity contribution in [3.8, 4) is 17.6 Å². The van der Waals surface area contributed by atoms with Gasteiger partial charge in [0.25, 0.3) is 5.91 Å². The fraction of sp³-hybridized carbons (Fsp3) is 0.143. The number of nitrogens with zero attached hydrogens (tertiary/aromatic N) is 1. The van der Waals surface area contributed by atoms with E-state index in [2.05, 4.69) is 22.1 Å². The van der Waals surface area contributed by atoms with Crippen molar-refractivity contribution in [2.75, 3.05) is 13.2 Å². The molecule has 3 rings (SSSR count). The molecule has 0 spiro atoms. The van der Waals surface area contributed by atoms with E-state index in [0.29, 0.717) is 11.3 Å². The predicted molar refractivity (Wildman–Crippen MR) is 98.5 cm³/mol. The highest BCUT2D eigenvalue weighted by Crippen LogP contribution is 2.15. The number of nitrogens with one attached hydrogen (secondary N) is 1. The van der Waals surface area contributed by atoms with E-state index in [1.165, 1.54) is 0 Å². The van der Waals surface area contributed by atoms with Gasteiger partial charge in [-0.25, -0.2) is 0 Å². The second-order valence-corrected chi connectivity index (χ2v) is 5.52. The Hall–Kier alpha value is -3.32. The molecule has 4 nitrogen and oxygen atoms in total. The summed E-state index contributed by atoms with van der Waals surface area (Å²) in [4.78, 5) is 16.3. The number of rotatable bonds is 4. The monoisotopic (exact) mass is 330 g/mol. The van der Waals surface area contributed by atoms with Crippen molar-refractivity contribution in [2.24, 2.45) is 0 Å². The number of aromatic nitrogens is 1. The van der Waals surface area contributed by atoms with Gasteiger partial charge in [-0.3, -0.25) is 9.78 Å². The summed E-state index contributed by atoms with van der Waals surface area (Å²) in [6.07, 6.45) is 1.67. The molecule has 4 heteroatoms. The lowest BCUT2D eigenvalue weighted by Gasteiger charge is -2.03. The van der Waals surface area contributed by atoms with Gasteiger partial charge in [0.1, 0.15) is 12.4 Å². The summed E-state index contributed by atoms with van der Waals surface area (Å²) >= 11 is 0. The van der Waals surface area contributed by atoms with Crippen molar-refractivity contribution >= 4 is 16.7 Å². The fourth-order valence-corrected chi connectivity index (χ4v) is 2.33. The van der Waals surface area contributed by atoms with Crippen LogP contribution < -0.4 is 10.1 Å². The summed E-state index contributed by atoms with van der Waals surface area (Å²) in [6, 6.07) is 17.3. The molecule has 0 aliphatic carbocycles. The van der Waals surface area contributed by atoms with Crippen LogP contribution in [0.25, 0.3) is 10.8 Å². The first-order chi connectivity index (χ1) is 12.2. The summed E-state index contributed by atoms with van der Waals surface area (Å²) in [6.45, 7) is 2.46. The number of hydrogen-bond donors (Lipinski definition) is 1. The molecule has 0 unspecified atom stereocenters. The molecule has 1 amide bonds. The number of amides is 1. The van der Waals surface area contributed by atoms with Crippen LogP contribution in [-0.4, -0.2) is 24.0 Å². The van der Waals surface area contributed by atoms with E-state index in [9.17, 15) is 4.79 Å². The molecular formula is C21H18N2O2. The summed E-state index contributed by atoms with van der Waals surface area (Å²) in [5, 5.41) is 4.94. The minimum absolute atomic E-state index is 0.135. The standard InChI is InChI=1S/C21H18N2O2/c1-16-8-11-20(15-23-16)25-13-5-4-12-22-21(24)19-10-9-17-6-2-3-7-18(17)14-19/h2-3,6-11,14-15H,12-13H2,1H3,(H,22,24). The number of ether oxygens (including phenoxy) is 1. The number of carbonyl (C=O) groups is 1. The maximum Gasteiger partial charge on any atom is 0.252 e. The van der Waals surface area contributed by atoms with Crippen molar-refractivity contribution in [2.45, 2.75) is 6.92 Å². The number of pyridine rings is 1. The molecule has 124 valence electrons. The van der Waals surface area contributed by atoms with Gasteiger partial charge >= 0.3 is 0 Å². The van der Waals surface area contributed by atoms with Crippen LogP contribution in [0.5, 0.6) is 5.75 Å². The van der Waals surface area contributed by atoms with Crippen LogP contribution in [0.15, 0.2) is 60.8 Å². The van der Waals surface area contributed by atoms with Gasteiger partial charge in [-0.05, 0) is 42.0 Å². The fourth-order valence-electron chi connectivity index (χ4n) is 2.33. The van der Waals surface area contributed by atoms with Gasteiger partial charge in [-0.1, -0.05) is 42.2 Å². The zero-order valence-corrected chi connectivity index (χ0v) is 14.0. The van der Waals surface area contributed by atoms with Crippen molar-refractivity contribution in [1.82, 2.24) is 10.3 Å². The summed E-state index contributed by atoms with van der Waals surface area (Å²) in [7, 11) is 0. The molecule has 0 saturated carbocycles. The summed E-state index contributed by atoms with van der Waals surface area (Å²) < 4.78 is 5.45. The first kappa shape index (κ1) is 16.5. The van der Waals surface area contributed by atoms with Crippen molar-refractivity contribution in [3.05, 3.63) is 72.1 Å². The maximum absolute atomic E-state index is 12.2. The Morgan fingerprint density at radius 2 is 1.92 bits per heavy atom. The summed E-state index contributed by atoms with van der Waals surface area (Å²) in [5.41, 5.74) is 1.57. The Labute approximate surface area is 146 Å². The minimum Gasteiger partial charge on any atom is -0.479 e. The molecule has 0 aliphatic rings.